The fourth-order valence-electron chi connectivity index (χ4n) is 2.24. The summed E-state index contributed by atoms with van der Waals surface area (Å²) in [6.45, 7) is 0.875. The summed E-state index contributed by atoms with van der Waals surface area (Å²) < 4.78 is 38.3. The molecule has 2 aromatic carbocycles. The first-order valence-electron chi connectivity index (χ1n) is 7.29. The average molecular weight is 447 g/mol. The molecule has 1 heterocycles. The molecule has 0 aliphatic carbocycles. The molecule has 0 saturated heterocycles. The SMILES string of the molecule is O=C(NS(=O)(=O)c1cccc(Br)c1)c1cc(Cl)c2c(c1)OCCCO2. The molecule has 2 aromatic rings. The predicted octanol–water partition coefficient (Wildman–Crippen LogP) is 3.38. The van der Waals surface area contributed by atoms with Crippen LogP contribution in [0, 0.1) is 0 Å². The second kappa shape index (κ2) is 7.23. The molecule has 0 aromatic heterocycles. The molecule has 1 aliphatic heterocycles. The van der Waals surface area contributed by atoms with Gasteiger partial charge in [0.2, 0.25) is 0 Å². The number of sulfonamides is 1. The number of rotatable bonds is 3. The van der Waals surface area contributed by atoms with Crippen LogP contribution in [-0.2, 0) is 10.0 Å². The second-order valence-corrected chi connectivity index (χ2v) is 8.23. The normalized spacial score (nSPS) is 13.8. The lowest BCUT2D eigenvalue weighted by Gasteiger charge is -2.12. The number of nitrogens with one attached hydrogen (secondary N) is 1. The van der Waals surface area contributed by atoms with Crippen molar-refractivity contribution in [1.82, 2.24) is 4.72 Å². The number of carbonyl (C=O) groups is 1. The van der Waals surface area contributed by atoms with Gasteiger partial charge in [0.15, 0.2) is 11.5 Å². The van der Waals surface area contributed by atoms with Gasteiger partial charge >= 0.3 is 0 Å². The summed E-state index contributed by atoms with van der Waals surface area (Å²) >= 11 is 9.33. The predicted molar refractivity (Wildman–Crippen MR) is 95.9 cm³/mol. The average Bonchev–Trinajstić information content (AvgIpc) is 2.80. The Morgan fingerprint density at radius 1 is 1.16 bits per heavy atom. The van der Waals surface area contributed by atoms with Crippen molar-refractivity contribution in [1.29, 1.82) is 0 Å². The van der Waals surface area contributed by atoms with Crippen LogP contribution in [0.3, 0.4) is 0 Å². The monoisotopic (exact) mass is 445 g/mol. The highest BCUT2D eigenvalue weighted by molar-refractivity contribution is 9.10. The third-order valence-electron chi connectivity index (χ3n) is 3.40. The fourth-order valence-corrected chi connectivity index (χ4v) is 4.07. The van der Waals surface area contributed by atoms with E-state index in [1.165, 1.54) is 24.3 Å². The number of fused-ring (bicyclic) bond motifs is 1. The molecular formula is C16H13BrClNO5S. The molecule has 0 bridgehead atoms. The van der Waals surface area contributed by atoms with E-state index in [1.54, 1.807) is 12.1 Å². The molecule has 1 amide bonds. The first-order chi connectivity index (χ1) is 11.9. The van der Waals surface area contributed by atoms with Crippen LogP contribution in [0.2, 0.25) is 5.02 Å². The van der Waals surface area contributed by atoms with E-state index < -0.39 is 15.9 Å². The third kappa shape index (κ3) is 4.08. The van der Waals surface area contributed by atoms with Crippen LogP contribution in [0.4, 0.5) is 0 Å². The number of amides is 1. The van der Waals surface area contributed by atoms with E-state index in [0.29, 0.717) is 35.6 Å². The summed E-state index contributed by atoms with van der Waals surface area (Å²) in [4.78, 5) is 12.4. The van der Waals surface area contributed by atoms with E-state index in [9.17, 15) is 13.2 Å². The number of ether oxygens (including phenoxy) is 2. The number of halogens is 2. The van der Waals surface area contributed by atoms with Crippen LogP contribution in [0.1, 0.15) is 16.8 Å². The highest BCUT2D eigenvalue weighted by Crippen LogP contribution is 2.38. The molecule has 1 N–H and O–H groups in total. The topological polar surface area (TPSA) is 81.7 Å². The van der Waals surface area contributed by atoms with Gasteiger partial charge < -0.3 is 9.47 Å². The summed E-state index contributed by atoms with van der Waals surface area (Å²) in [5, 5.41) is 0.185. The van der Waals surface area contributed by atoms with Crippen LogP contribution in [0.25, 0.3) is 0 Å². The Bertz CT molecular complexity index is 932. The minimum Gasteiger partial charge on any atom is -0.489 e. The van der Waals surface area contributed by atoms with Crippen LogP contribution in [0.5, 0.6) is 11.5 Å². The highest BCUT2D eigenvalue weighted by atomic mass is 79.9. The summed E-state index contributed by atoms with van der Waals surface area (Å²) in [5.41, 5.74) is 0.0628. The Labute approximate surface area is 158 Å². The molecule has 0 saturated carbocycles. The molecule has 0 spiro atoms. The first kappa shape index (κ1) is 18.0. The van der Waals surface area contributed by atoms with Crippen molar-refractivity contribution in [3.63, 3.8) is 0 Å². The molecule has 0 unspecified atom stereocenters. The van der Waals surface area contributed by atoms with Crippen molar-refractivity contribution in [2.75, 3.05) is 13.2 Å². The van der Waals surface area contributed by atoms with Crippen LogP contribution >= 0.6 is 27.5 Å². The Morgan fingerprint density at radius 2 is 1.92 bits per heavy atom. The first-order valence-corrected chi connectivity index (χ1v) is 9.94. The van der Waals surface area contributed by atoms with Crippen LogP contribution < -0.4 is 14.2 Å². The van der Waals surface area contributed by atoms with Gasteiger partial charge in [0.1, 0.15) is 0 Å². The maximum absolute atomic E-state index is 12.4. The summed E-state index contributed by atoms with van der Waals surface area (Å²) in [6, 6.07) is 8.80. The number of benzene rings is 2. The molecule has 3 rings (SSSR count). The van der Waals surface area contributed by atoms with Gasteiger partial charge in [-0.25, -0.2) is 13.1 Å². The van der Waals surface area contributed by atoms with E-state index in [2.05, 4.69) is 15.9 Å². The summed E-state index contributed by atoms with van der Waals surface area (Å²) in [6.07, 6.45) is 0.684. The third-order valence-corrected chi connectivity index (χ3v) is 5.50. The Morgan fingerprint density at radius 3 is 2.68 bits per heavy atom. The minimum atomic E-state index is -4.02. The Hall–Kier alpha value is -1.77. The van der Waals surface area contributed by atoms with Gasteiger partial charge in [0.05, 0.1) is 23.1 Å². The van der Waals surface area contributed by atoms with Crippen LogP contribution in [-0.4, -0.2) is 27.5 Å². The van der Waals surface area contributed by atoms with Gasteiger partial charge in [-0.15, -0.1) is 0 Å². The van der Waals surface area contributed by atoms with Crippen molar-refractivity contribution >= 4 is 43.5 Å². The summed E-state index contributed by atoms with van der Waals surface area (Å²) in [7, 11) is -4.02. The minimum absolute atomic E-state index is 0.0318. The van der Waals surface area contributed by atoms with E-state index in [1.807, 2.05) is 4.72 Å². The number of carbonyl (C=O) groups excluding carboxylic acids is 1. The molecule has 0 fully saturated rings. The molecule has 9 heteroatoms. The van der Waals surface area contributed by atoms with Gasteiger partial charge in [-0.2, -0.15) is 0 Å². The molecule has 1 aliphatic rings. The quantitative estimate of drug-likeness (QED) is 0.782. The number of hydrogen-bond acceptors (Lipinski definition) is 5. The number of hydrogen-bond donors (Lipinski definition) is 1. The Kier molecular flexibility index (Phi) is 5.21. The fraction of sp³-hybridized carbons (Fsp3) is 0.188. The van der Waals surface area contributed by atoms with E-state index >= 15 is 0 Å². The van der Waals surface area contributed by atoms with Crippen LogP contribution in [0.15, 0.2) is 45.8 Å². The van der Waals surface area contributed by atoms with Crippen molar-refractivity contribution in [3.8, 4) is 11.5 Å². The molecule has 25 heavy (non-hydrogen) atoms. The lowest BCUT2D eigenvalue weighted by molar-refractivity contribution is 0.0981. The van der Waals surface area contributed by atoms with Gasteiger partial charge in [-0.3, -0.25) is 4.79 Å². The molecule has 132 valence electrons. The van der Waals surface area contributed by atoms with E-state index in [0.717, 1.165) is 0 Å². The zero-order valence-corrected chi connectivity index (χ0v) is 15.9. The Balaban J connectivity index is 1.89. The standard InChI is InChI=1S/C16H13BrClNO5S/c17-11-3-1-4-12(9-11)25(21,22)19-16(20)10-7-13(18)15-14(8-10)23-5-2-6-24-15/h1,3-4,7-9H,2,5-6H2,(H,19,20). The van der Waals surface area contributed by atoms with Gasteiger partial charge in [0, 0.05) is 16.5 Å². The molecule has 6 nitrogen and oxygen atoms in total. The smallest absolute Gasteiger partial charge is 0.265 e. The largest absolute Gasteiger partial charge is 0.489 e. The maximum atomic E-state index is 12.4. The second-order valence-electron chi connectivity index (χ2n) is 5.23. The van der Waals surface area contributed by atoms with Crippen molar-refractivity contribution < 1.29 is 22.7 Å². The zero-order chi connectivity index (χ0) is 18.0. The van der Waals surface area contributed by atoms with Crippen molar-refractivity contribution in [2.24, 2.45) is 0 Å². The zero-order valence-electron chi connectivity index (χ0n) is 12.8. The van der Waals surface area contributed by atoms with Gasteiger partial charge in [-0.05, 0) is 30.3 Å². The molecule has 0 radical (unpaired) electrons. The lowest BCUT2D eigenvalue weighted by Crippen LogP contribution is -2.30. The molecular weight excluding hydrogens is 434 g/mol. The van der Waals surface area contributed by atoms with Crippen molar-refractivity contribution in [3.05, 3.63) is 51.5 Å². The molecule has 0 atom stereocenters. The van der Waals surface area contributed by atoms with Gasteiger partial charge in [-0.1, -0.05) is 33.6 Å². The highest BCUT2D eigenvalue weighted by Gasteiger charge is 2.22. The van der Waals surface area contributed by atoms with E-state index in [4.69, 9.17) is 21.1 Å². The van der Waals surface area contributed by atoms with Crippen molar-refractivity contribution in [2.45, 2.75) is 11.3 Å². The van der Waals surface area contributed by atoms with E-state index in [-0.39, 0.29) is 15.5 Å². The van der Waals surface area contributed by atoms with Gasteiger partial charge in [0.25, 0.3) is 15.9 Å². The maximum Gasteiger partial charge on any atom is 0.265 e. The summed E-state index contributed by atoms with van der Waals surface area (Å²) in [5.74, 6) is -0.141. The lowest BCUT2D eigenvalue weighted by atomic mass is 10.2.